The SMILES string of the molecule is O=C=NCc1cccc([N+](=O)[O-])c1Cl. The number of nitrogens with zero attached hydrogens (tertiary/aromatic N) is 2. The molecule has 0 aliphatic rings. The molecule has 0 heterocycles. The van der Waals surface area contributed by atoms with E-state index in [1.165, 1.54) is 18.2 Å². The average Bonchev–Trinajstić information content (AvgIpc) is 2.16. The Morgan fingerprint density at radius 1 is 1.57 bits per heavy atom. The van der Waals surface area contributed by atoms with Crippen molar-refractivity contribution < 1.29 is 9.72 Å². The third-order valence-corrected chi connectivity index (χ3v) is 2.01. The van der Waals surface area contributed by atoms with Gasteiger partial charge in [-0.3, -0.25) is 10.1 Å². The van der Waals surface area contributed by atoms with Crippen LogP contribution in [0.15, 0.2) is 23.2 Å². The van der Waals surface area contributed by atoms with Crippen LogP contribution in [0.5, 0.6) is 0 Å². The van der Waals surface area contributed by atoms with Crippen molar-refractivity contribution in [3.63, 3.8) is 0 Å². The van der Waals surface area contributed by atoms with Crippen molar-refractivity contribution in [1.82, 2.24) is 0 Å². The number of halogens is 1. The van der Waals surface area contributed by atoms with E-state index in [2.05, 4.69) is 4.99 Å². The molecule has 1 aromatic rings. The maximum absolute atomic E-state index is 10.5. The summed E-state index contributed by atoms with van der Waals surface area (Å²) >= 11 is 5.71. The Morgan fingerprint density at radius 3 is 2.86 bits per heavy atom. The topological polar surface area (TPSA) is 72.6 Å². The summed E-state index contributed by atoms with van der Waals surface area (Å²) in [6.07, 6.45) is 1.34. The third kappa shape index (κ3) is 2.16. The maximum Gasteiger partial charge on any atom is 0.288 e. The number of aliphatic imine (C=N–C) groups is 1. The van der Waals surface area contributed by atoms with Gasteiger partial charge in [0.1, 0.15) is 5.02 Å². The van der Waals surface area contributed by atoms with Gasteiger partial charge in [-0.15, -0.1) is 0 Å². The van der Waals surface area contributed by atoms with Crippen molar-refractivity contribution in [2.24, 2.45) is 4.99 Å². The van der Waals surface area contributed by atoms with Crippen molar-refractivity contribution >= 4 is 23.4 Å². The number of rotatable bonds is 3. The lowest BCUT2D eigenvalue weighted by atomic mass is 10.2. The van der Waals surface area contributed by atoms with E-state index >= 15 is 0 Å². The molecule has 6 heteroatoms. The number of nitro benzene ring substituents is 1. The number of nitro groups is 1. The highest BCUT2D eigenvalue weighted by atomic mass is 35.5. The van der Waals surface area contributed by atoms with E-state index in [9.17, 15) is 14.9 Å². The summed E-state index contributed by atoms with van der Waals surface area (Å²) in [6, 6.07) is 4.34. The summed E-state index contributed by atoms with van der Waals surface area (Å²) < 4.78 is 0. The van der Waals surface area contributed by atoms with Crippen LogP contribution in [0, 0.1) is 10.1 Å². The van der Waals surface area contributed by atoms with Crippen LogP contribution >= 0.6 is 11.6 Å². The van der Waals surface area contributed by atoms with Crippen molar-refractivity contribution in [1.29, 1.82) is 0 Å². The van der Waals surface area contributed by atoms with Gasteiger partial charge in [-0.05, 0) is 0 Å². The normalized spacial score (nSPS) is 9.21. The molecule has 0 bridgehead atoms. The van der Waals surface area contributed by atoms with Gasteiger partial charge >= 0.3 is 0 Å². The first-order chi connectivity index (χ1) is 6.66. The first-order valence-corrected chi connectivity index (χ1v) is 4.00. The molecule has 0 N–H and O–H groups in total. The van der Waals surface area contributed by atoms with Crippen LogP contribution in [0.1, 0.15) is 5.56 Å². The number of hydrogen-bond donors (Lipinski definition) is 0. The van der Waals surface area contributed by atoms with E-state index in [4.69, 9.17) is 11.6 Å². The molecule has 0 amide bonds. The molecule has 0 aromatic heterocycles. The lowest BCUT2D eigenvalue weighted by Gasteiger charge is -1.99. The molecule has 0 unspecified atom stereocenters. The highest BCUT2D eigenvalue weighted by Gasteiger charge is 2.14. The molecule has 0 atom stereocenters. The molecule has 0 fully saturated rings. The van der Waals surface area contributed by atoms with Crippen molar-refractivity contribution in [2.45, 2.75) is 6.54 Å². The summed E-state index contributed by atoms with van der Waals surface area (Å²) in [7, 11) is 0. The molecule has 0 saturated heterocycles. The van der Waals surface area contributed by atoms with E-state index < -0.39 is 4.92 Å². The van der Waals surface area contributed by atoms with Crippen LogP contribution in [-0.4, -0.2) is 11.0 Å². The van der Waals surface area contributed by atoms with Gasteiger partial charge in [0.05, 0.1) is 11.5 Å². The zero-order chi connectivity index (χ0) is 10.6. The van der Waals surface area contributed by atoms with E-state index in [1.807, 2.05) is 0 Å². The van der Waals surface area contributed by atoms with Gasteiger partial charge in [-0.2, -0.15) is 0 Å². The average molecular weight is 213 g/mol. The number of benzene rings is 1. The van der Waals surface area contributed by atoms with Crippen molar-refractivity contribution in [3.8, 4) is 0 Å². The van der Waals surface area contributed by atoms with Crippen LogP contribution in [0.3, 0.4) is 0 Å². The fraction of sp³-hybridized carbons (Fsp3) is 0.125. The molecule has 1 rings (SSSR count). The van der Waals surface area contributed by atoms with Crippen LogP contribution < -0.4 is 0 Å². The molecule has 0 aliphatic carbocycles. The Bertz CT molecular complexity index is 413. The largest absolute Gasteiger partial charge is 0.288 e. The molecular formula is C8H5ClN2O3. The zero-order valence-electron chi connectivity index (χ0n) is 6.94. The standard InChI is InChI=1S/C8H5ClN2O3/c9-8-6(4-10-5-12)2-1-3-7(8)11(13)14/h1-3H,4H2. The quantitative estimate of drug-likeness (QED) is 0.333. The second-order valence-electron chi connectivity index (χ2n) is 2.41. The van der Waals surface area contributed by atoms with Crippen LogP contribution in [0.4, 0.5) is 5.69 Å². The lowest BCUT2D eigenvalue weighted by Crippen LogP contribution is -1.92. The molecular weight excluding hydrogens is 208 g/mol. The van der Waals surface area contributed by atoms with Gasteiger partial charge in [0.25, 0.3) is 5.69 Å². The van der Waals surface area contributed by atoms with E-state index in [1.54, 1.807) is 6.07 Å². The molecule has 72 valence electrons. The number of isocyanates is 1. The summed E-state index contributed by atoms with van der Waals surface area (Å²) in [5.74, 6) is 0. The van der Waals surface area contributed by atoms with Gasteiger partial charge < -0.3 is 0 Å². The van der Waals surface area contributed by atoms with Gasteiger partial charge in [0.15, 0.2) is 0 Å². The minimum Gasteiger partial charge on any atom is -0.258 e. The highest BCUT2D eigenvalue weighted by molar-refractivity contribution is 6.33. The number of carbonyl (C=O) groups excluding carboxylic acids is 1. The second kappa shape index (κ2) is 4.50. The first kappa shape index (κ1) is 10.4. The summed E-state index contributed by atoms with van der Waals surface area (Å²) in [6.45, 7) is 0.00398. The van der Waals surface area contributed by atoms with Gasteiger partial charge in [0.2, 0.25) is 6.08 Å². The van der Waals surface area contributed by atoms with E-state index in [0.29, 0.717) is 5.56 Å². The molecule has 0 spiro atoms. The zero-order valence-corrected chi connectivity index (χ0v) is 7.69. The molecule has 0 aliphatic heterocycles. The minimum absolute atomic E-state index is 0.00398. The van der Waals surface area contributed by atoms with Gasteiger partial charge in [-0.1, -0.05) is 23.7 Å². The first-order valence-electron chi connectivity index (χ1n) is 3.62. The molecule has 14 heavy (non-hydrogen) atoms. The maximum atomic E-state index is 10.5. The highest BCUT2D eigenvalue weighted by Crippen LogP contribution is 2.27. The summed E-state index contributed by atoms with van der Waals surface area (Å²) in [5, 5.41) is 10.5. The van der Waals surface area contributed by atoms with Crippen molar-refractivity contribution in [2.75, 3.05) is 0 Å². The Labute approximate surface area is 84.2 Å². The predicted octanol–water partition coefficient (Wildman–Crippen LogP) is 2.08. The smallest absolute Gasteiger partial charge is 0.258 e. The third-order valence-electron chi connectivity index (χ3n) is 1.57. The molecule has 5 nitrogen and oxygen atoms in total. The van der Waals surface area contributed by atoms with Crippen LogP contribution in [0.25, 0.3) is 0 Å². The Balaban J connectivity index is 3.13. The predicted molar refractivity (Wildman–Crippen MR) is 49.9 cm³/mol. The van der Waals surface area contributed by atoms with Crippen molar-refractivity contribution in [3.05, 3.63) is 38.9 Å². The Hall–Kier alpha value is -1.71. The van der Waals surface area contributed by atoms with E-state index in [0.717, 1.165) is 0 Å². The molecule has 0 radical (unpaired) electrons. The summed E-state index contributed by atoms with van der Waals surface area (Å²) in [4.78, 5) is 23.0. The Morgan fingerprint density at radius 2 is 2.29 bits per heavy atom. The minimum atomic E-state index is -0.587. The van der Waals surface area contributed by atoms with Gasteiger partial charge in [-0.25, -0.2) is 9.79 Å². The number of hydrogen-bond acceptors (Lipinski definition) is 4. The molecule has 0 saturated carbocycles. The Kier molecular flexibility index (Phi) is 3.34. The second-order valence-corrected chi connectivity index (χ2v) is 2.79. The van der Waals surface area contributed by atoms with Gasteiger partial charge in [0, 0.05) is 11.6 Å². The van der Waals surface area contributed by atoms with E-state index in [-0.39, 0.29) is 17.3 Å². The fourth-order valence-corrected chi connectivity index (χ4v) is 1.20. The lowest BCUT2D eigenvalue weighted by molar-refractivity contribution is -0.384. The monoisotopic (exact) mass is 212 g/mol. The molecule has 1 aromatic carbocycles. The fourth-order valence-electron chi connectivity index (χ4n) is 0.947. The summed E-state index contributed by atoms with van der Waals surface area (Å²) in [5.41, 5.74) is 0.245. The van der Waals surface area contributed by atoms with Crippen LogP contribution in [-0.2, 0) is 11.3 Å². The van der Waals surface area contributed by atoms with Crippen LogP contribution in [0.2, 0.25) is 5.02 Å².